The number of benzene rings is 1. The molecule has 0 saturated heterocycles. The molecule has 102 valence electrons. The van der Waals surface area contributed by atoms with Crippen molar-refractivity contribution >= 4 is 27.5 Å². The molecule has 1 atom stereocenters. The molecule has 0 radical (unpaired) electrons. The second-order valence-electron chi connectivity index (χ2n) is 4.49. The summed E-state index contributed by atoms with van der Waals surface area (Å²) in [6.07, 6.45) is 0.741. The minimum atomic E-state index is -0.600. The van der Waals surface area contributed by atoms with Crippen LogP contribution in [-0.2, 0) is 19.9 Å². The third-order valence-electron chi connectivity index (χ3n) is 3.10. The van der Waals surface area contributed by atoms with E-state index in [4.69, 9.17) is 11.6 Å². The van der Waals surface area contributed by atoms with E-state index in [1.54, 1.807) is 4.68 Å². The molecule has 0 bridgehead atoms. The molecule has 3 nitrogen and oxygen atoms in total. The van der Waals surface area contributed by atoms with Crippen molar-refractivity contribution in [3.8, 4) is 0 Å². The molecule has 0 amide bonds. The van der Waals surface area contributed by atoms with Crippen molar-refractivity contribution < 1.29 is 5.11 Å². The Morgan fingerprint density at radius 3 is 2.74 bits per heavy atom. The van der Waals surface area contributed by atoms with Gasteiger partial charge in [0.15, 0.2) is 0 Å². The van der Waals surface area contributed by atoms with E-state index in [9.17, 15) is 5.11 Å². The quantitative estimate of drug-likeness (QED) is 0.919. The first-order valence-electron chi connectivity index (χ1n) is 6.16. The summed E-state index contributed by atoms with van der Waals surface area (Å²) in [4.78, 5) is 0. The van der Waals surface area contributed by atoms with E-state index in [2.05, 4.69) is 21.0 Å². The van der Waals surface area contributed by atoms with Crippen molar-refractivity contribution in [1.82, 2.24) is 9.78 Å². The normalized spacial score (nSPS) is 12.7. The fourth-order valence-corrected chi connectivity index (χ4v) is 2.78. The number of hydrogen-bond donors (Lipinski definition) is 1. The van der Waals surface area contributed by atoms with E-state index in [1.807, 2.05) is 38.2 Å². The lowest BCUT2D eigenvalue weighted by atomic mass is 10.1. The maximum Gasteiger partial charge on any atom is 0.0997 e. The smallest absolute Gasteiger partial charge is 0.0997 e. The van der Waals surface area contributed by atoms with E-state index in [-0.39, 0.29) is 0 Å². The molecule has 0 saturated carbocycles. The maximum atomic E-state index is 10.3. The van der Waals surface area contributed by atoms with E-state index in [0.29, 0.717) is 11.4 Å². The van der Waals surface area contributed by atoms with Crippen LogP contribution < -0.4 is 0 Å². The van der Waals surface area contributed by atoms with Crippen LogP contribution in [0.2, 0.25) is 5.02 Å². The predicted octanol–water partition coefficient (Wildman–Crippen LogP) is 3.67. The minimum Gasteiger partial charge on any atom is -0.386 e. The largest absolute Gasteiger partial charge is 0.386 e. The number of halogens is 2. The average Bonchev–Trinajstić information content (AvgIpc) is 2.74. The summed E-state index contributed by atoms with van der Waals surface area (Å²) in [5.41, 5.74) is 2.73. The molecule has 0 aliphatic carbocycles. The van der Waals surface area contributed by atoms with Gasteiger partial charge in [0.1, 0.15) is 0 Å². The Balaban J connectivity index is 2.20. The summed E-state index contributed by atoms with van der Waals surface area (Å²) < 4.78 is 2.67. The van der Waals surface area contributed by atoms with Gasteiger partial charge >= 0.3 is 0 Å². The lowest BCUT2D eigenvalue weighted by molar-refractivity contribution is 0.168. The van der Waals surface area contributed by atoms with E-state index in [1.165, 1.54) is 0 Å². The summed E-state index contributed by atoms with van der Waals surface area (Å²) in [5, 5.41) is 15.3. The van der Waals surface area contributed by atoms with Crippen molar-refractivity contribution in [3.05, 3.63) is 50.7 Å². The number of aliphatic hydroxyl groups excluding tert-OH is 1. The molecule has 19 heavy (non-hydrogen) atoms. The van der Waals surface area contributed by atoms with Crippen LogP contribution >= 0.6 is 27.5 Å². The standard InChI is InChI=1S/C14H16BrClN2O/c1-3-11-8-13(18(2)17-11)14(19)6-9-4-5-10(15)7-12(9)16/h4-5,7-8,14,19H,3,6H2,1-2H3. The molecular weight excluding hydrogens is 328 g/mol. The second-order valence-corrected chi connectivity index (χ2v) is 5.82. The van der Waals surface area contributed by atoms with Crippen LogP contribution in [0.5, 0.6) is 0 Å². The van der Waals surface area contributed by atoms with Gasteiger partial charge in [-0.15, -0.1) is 0 Å². The van der Waals surface area contributed by atoms with Gasteiger partial charge in [0.05, 0.1) is 17.5 Å². The molecule has 2 aromatic rings. The summed E-state index contributed by atoms with van der Waals surface area (Å²) in [6.45, 7) is 2.05. The van der Waals surface area contributed by atoms with Gasteiger partial charge in [-0.3, -0.25) is 4.68 Å². The number of aromatic nitrogens is 2. The highest BCUT2D eigenvalue weighted by molar-refractivity contribution is 9.10. The average molecular weight is 344 g/mol. The van der Waals surface area contributed by atoms with Crippen molar-refractivity contribution in [3.63, 3.8) is 0 Å². The Bertz CT molecular complexity index is 583. The van der Waals surface area contributed by atoms with Crippen molar-refractivity contribution in [2.24, 2.45) is 7.05 Å². The molecule has 1 N–H and O–H groups in total. The summed E-state index contributed by atoms with van der Waals surface area (Å²) in [7, 11) is 1.85. The van der Waals surface area contributed by atoms with Crippen LogP contribution in [-0.4, -0.2) is 14.9 Å². The molecule has 5 heteroatoms. The predicted molar refractivity (Wildman–Crippen MR) is 80.4 cm³/mol. The number of nitrogens with zero attached hydrogens (tertiary/aromatic N) is 2. The Kier molecular flexibility index (Phi) is 4.66. The molecule has 0 spiro atoms. The molecule has 0 fully saturated rings. The molecule has 1 heterocycles. The highest BCUT2D eigenvalue weighted by atomic mass is 79.9. The van der Waals surface area contributed by atoms with Crippen molar-refractivity contribution in [1.29, 1.82) is 0 Å². The zero-order chi connectivity index (χ0) is 14.0. The van der Waals surface area contributed by atoms with Crippen LogP contribution in [0.1, 0.15) is 30.0 Å². The second kappa shape index (κ2) is 6.07. The van der Waals surface area contributed by atoms with Gasteiger partial charge in [-0.2, -0.15) is 5.10 Å². The summed E-state index contributed by atoms with van der Waals surface area (Å²) in [5.74, 6) is 0. The van der Waals surface area contributed by atoms with E-state index < -0.39 is 6.10 Å². The summed E-state index contributed by atoms with van der Waals surface area (Å²) in [6, 6.07) is 7.63. The van der Waals surface area contributed by atoms with E-state index in [0.717, 1.165) is 27.8 Å². The SMILES string of the molecule is CCc1cc(C(O)Cc2ccc(Br)cc2Cl)n(C)n1. The zero-order valence-corrected chi connectivity index (χ0v) is 13.2. The topological polar surface area (TPSA) is 38.0 Å². The van der Waals surface area contributed by atoms with Crippen LogP contribution in [0.25, 0.3) is 0 Å². The number of aryl methyl sites for hydroxylation is 2. The lowest BCUT2D eigenvalue weighted by Gasteiger charge is -2.12. The molecule has 1 aromatic heterocycles. The minimum absolute atomic E-state index is 0.481. The highest BCUT2D eigenvalue weighted by Crippen LogP contribution is 2.26. The van der Waals surface area contributed by atoms with Crippen LogP contribution in [0.3, 0.4) is 0 Å². The zero-order valence-electron chi connectivity index (χ0n) is 10.9. The number of rotatable bonds is 4. The van der Waals surface area contributed by atoms with Gasteiger partial charge in [0.25, 0.3) is 0 Å². The Hall–Kier alpha value is -0.840. The Labute approximate surface area is 126 Å². The van der Waals surface area contributed by atoms with Gasteiger partial charge in [-0.1, -0.05) is 40.5 Å². The third kappa shape index (κ3) is 3.38. The molecule has 0 aliphatic rings. The van der Waals surface area contributed by atoms with Gasteiger partial charge in [-0.05, 0) is 30.2 Å². The first-order chi connectivity index (χ1) is 9.01. The first-order valence-corrected chi connectivity index (χ1v) is 7.33. The molecule has 0 aliphatic heterocycles. The first kappa shape index (κ1) is 14.6. The highest BCUT2D eigenvalue weighted by Gasteiger charge is 2.15. The fourth-order valence-electron chi connectivity index (χ4n) is 2.03. The van der Waals surface area contributed by atoms with E-state index >= 15 is 0 Å². The van der Waals surface area contributed by atoms with Gasteiger partial charge in [-0.25, -0.2) is 0 Å². The van der Waals surface area contributed by atoms with Crippen molar-refractivity contribution in [2.75, 3.05) is 0 Å². The number of aliphatic hydroxyl groups is 1. The van der Waals surface area contributed by atoms with Crippen molar-refractivity contribution in [2.45, 2.75) is 25.9 Å². The number of hydrogen-bond acceptors (Lipinski definition) is 2. The molecule has 1 unspecified atom stereocenters. The van der Waals surface area contributed by atoms with Crippen LogP contribution in [0.4, 0.5) is 0 Å². The maximum absolute atomic E-state index is 10.3. The fraction of sp³-hybridized carbons (Fsp3) is 0.357. The Morgan fingerprint density at radius 2 is 2.16 bits per heavy atom. The van der Waals surface area contributed by atoms with Crippen LogP contribution in [0, 0.1) is 0 Å². The monoisotopic (exact) mass is 342 g/mol. The van der Waals surface area contributed by atoms with Crippen LogP contribution in [0.15, 0.2) is 28.7 Å². The molecule has 1 aromatic carbocycles. The molecular formula is C14H16BrClN2O. The Morgan fingerprint density at radius 1 is 1.42 bits per heavy atom. The van der Waals surface area contributed by atoms with Gasteiger partial charge in [0.2, 0.25) is 0 Å². The summed E-state index contributed by atoms with van der Waals surface area (Å²) >= 11 is 9.54. The third-order valence-corrected chi connectivity index (χ3v) is 3.94. The van der Waals surface area contributed by atoms with Gasteiger partial charge in [0, 0.05) is 23.0 Å². The van der Waals surface area contributed by atoms with Gasteiger partial charge < -0.3 is 5.11 Å². The molecule has 2 rings (SSSR count). The lowest BCUT2D eigenvalue weighted by Crippen LogP contribution is -2.08.